The van der Waals surface area contributed by atoms with Crippen LogP contribution in [0.1, 0.15) is 47.7 Å². The van der Waals surface area contributed by atoms with Crippen LogP contribution in [0.25, 0.3) is 0 Å². The van der Waals surface area contributed by atoms with Crippen molar-refractivity contribution in [2.75, 3.05) is 0 Å². The number of alkyl halides is 3. The van der Waals surface area contributed by atoms with E-state index in [-0.39, 0.29) is 29.3 Å². The van der Waals surface area contributed by atoms with Crippen LogP contribution in [0.15, 0.2) is 18.2 Å². The number of H-pyrrole nitrogens is 1. The summed E-state index contributed by atoms with van der Waals surface area (Å²) in [4.78, 5) is 11.0. The zero-order valence-electron chi connectivity index (χ0n) is 13.8. The number of aromatic amines is 1. The van der Waals surface area contributed by atoms with Gasteiger partial charge in [0.1, 0.15) is 11.9 Å². The standard InChI is InChI=1S/C16H15ClF3N3O4/c17-12-6-5-10(27-16(18,19)20)7-11(12)8-1-3-9(4-2-8)26-14-13(15(24)25)21-23-22-14/h5-9H,1-4H2,(H,24,25)(H,21,22,23)/t8-,9+. The van der Waals surface area contributed by atoms with E-state index >= 15 is 0 Å². The highest BCUT2D eigenvalue weighted by atomic mass is 35.5. The highest BCUT2D eigenvalue weighted by molar-refractivity contribution is 6.31. The van der Waals surface area contributed by atoms with Gasteiger partial charge in [-0.3, -0.25) is 0 Å². The Morgan fingerprint density at radius 2 is 1.96 bits per heavy atom. The van der Waals surface area contributed by atoms with E-state index in [2.05, 4.69) is 20.1 Å². The summed E-state index contributed by atoms with van der Waals surface area (Å²) in [5.41, 5.74) is 0.363. The number of carboxylic acids is 1. The average molecular weight is 406 g/mol. The highest BCUT2D eigenvalue weighted by Crippen LogP contribution is 2.39. The van der Waals surface area contributed by atoms with Crippen LogP contribution in [0.2, 0.25) is 5.02 Å². The Balaban J connectivity index is 1.64. The zero-order valence-corrected chi connectivity index (χ0v) is 14.5. The molecule has 0 aliphatic heterocycles. The molecule has 1 aliphatic rings. The molecule has 1 saturated carbocycles. The fourth-order valence-corrected chi connectivity index (χ4v) is 3.39. The number of halogens is 4. The van der Waals surface area contributed by atoms with Crippen LogP contribution in [0.4, 0.5) is 13.2 Å². The third-order valence-electron chi connectivity index (χ3n) is 4.32. The molecule has 7 nitrogen and oxygen atoms in total. The molecule has 1 aromatic carbocycles. The molecule has 0 unspecified atom stereocenters. The SMILES string of the molecule is O=C(O)c1[nH]nnc1O[C@H]1CC[C@@H](c2cc(OC(F)(F)F)ccc2Cl)CC1. The molecule has 1 aliphatic carbocycles. The molecule has 0 amide bonds. The summed E-state index contributed by atoms with van der Waals surface area (Å²) in [6, 6.07) is 3.86. The lowest BCUT2D eigenvalue weighted by molar-refractivity contribution is -0.274. The average Bonchev–Trinajstić information content (AvgIpc) is 3.05. The van der Waals surface area contributed by atoms with Gasteiger partial charge in [-0.05, 0) is 55.4 Å². The van der Waals surface area contributed by atoms with Crippen LogP contribution in [0.5, 0.6) is 11.6 Å². The molecule has 3 rings (SSSR count). The van der Waals surface area contributed by atoms with Crippen molar-refractivity contribution in [2.24, 2.45) is 0 Å². The quantitative estimate of drug-likeness (QED) is 0.775. The number of nitrogens with one attached hydrogen (secondary N) is 1. The Morgan fingerprint density at radius 1 is 1.26 bits per heavy atom. The molecule has 146 valence electrons. The fourth-order valence-electron chi connectivity index (χ4n) is 3.12. The first-order valence-corrected chi connectivity index (χ1v) is 8.47. The van der Waals surface area contributed by atoms with Crippen molar-refractivity contribution in [1.82, 2.24) is 15.4 Å². The van der Waals surface area contributed by atoms with E-state index in [9.17, 15) is 18.0 Å². The van der Waals surface area contributed by atoms with E-state index < -0.39 is 12.3 Å². The topological polar surface area (TPSA) is 97.3 Å². The van der Waals surface area contributed by atoms with Gasteiger partial charge in [-0.15, -0.1) is 13.2 Å². The minimum atomic E-state index is -4.77. The summed E-state index contributed by atoms with van der Waals surface area (Å²) in [5.74, 6) is -1.67. The third kappa shape index (κ3) is 4.82. The van der Waals surface area contributed by atoms with Crippen LogP contribution in [0.3, 0.4) is 0 Å². The van der Waals surface area contributed by atoms with Gasteiger partial charge in [0.15, 0.2) is 0 Å². The minimum absolute atomic E-state index is 0.0506. The smallest absolute Gasteiger partial charge is 0.476 e. The summed E-state index contributed by atoms with van der Waals surface area (Å²) < 4.78 is 46.8. The summed E-state index contributed by atoms with van der Waals surface area (Å²) in [6.07, 6.45) is -2.68. The molecule has 0 saturated heterocycles. The van der Waals surface area contributed by atoms with Gasteiger partial charge in [0, 0.05) is 5.02 Å². The summed E-state index contributed by atoms with van der Waals surface area (Å²) >= 11 is 6.15. The van der Waals surface area contributed by atoms with Crippen molar-refractivity contribution < 1.29 is 32.5 Å². The second-order valence-corrected chi connectivity index (χ2v) is 6.53. The molecular weight excluding hydrogens is 391 g/mol. The van der Waals surface area contributed by atoms with Crippen LogP contribution in [-0.4, -0.2) is 39.0 Å². The Morgan fingerprint density at radius 3 is 2.59 bits per heavy atom. The number of ether oxygens (including phenoxy) is 2. The number of aromatic carboxylic acids is 1. The van der Waals surface area contributed by atoms with Gasteiger partial charge in [-0.1, -0.05) is 21.9 Å². The Kier molecular flexibility index (Phi) is 5.45. The van der Waals surface area contributed by atoms with Crippen LogP contribution in [0, 0.1) is 0 Å². The number of hydrogen-bond donors (Lipinski definition) is 2. The van der Waals surface area contributed by atoms with Crippen molar-refractivity contribution >= 4 is 17.6 Å². The predicted octanol–water partition coefficient (Wildman–Crippen LogP) is 4.16. The predicted molar refractivity (Wildman–Crippen MR) is 87.1 cm³/mol. The van der Waals surface area contributed by atoms with E-state index in [0.717, 1.165) is 0 Å². The summed E-state index contributed by atoms with van der Waals surface area (Å²) in [7, 11) is 0. The maximum atomic E-state index is 12.4. The Hall–Kier alpha value is -2.49. The number of rotatable bonds is 5. The monoisotopic (exact) mass is 405 g/mol. The molecule has 1 aromatic heterocycles. The summed E-state index contributed by atoms with van der Waals surface area (Å²) in [6.45, 7) is 0. The third-order valence-corrected chi connectivity index (χ3v) is 4.67. The number of benzene rings is 1. The normalized spacial score (nSPS) is 20.3. The van der Waals surface area contributed by atoms with Crippen LogP contribution < -0.4 is 9.47 Å². The molecule has 2 N–H and O–H groups in total. The van der Waals surface area contributed by atoms with Crippen LogP contribution in [-0.2, 0) is 0 Å². The van der Waals surface area contributed by atoms with Crippen molar-refractivity contribution in [3.05, 3.63) is 34.5 Å². The molecule has 1 fully saturated rings. The van der Waals surface area contributed by atoms with Crippen LogP contribution >= 0.6 is 11.6 Å². The molecule has 2 aromatic rings. The van der Waals surface area contributed by atoms with Gasteiger partial charge in [0.2, 0.25) is 5.69 Å². The van der Waals surface area contributed by atoms with Crippen molar-refractivity contribution in [3.63, 3.8) is 0 Å². The molecule has 11 heteroatoms. The second kappa shape index (κ2) is 7.63. The molecule has 0 radical (unpaired) electrons. The first-order chi connectivity index (χ1) is 12.7. The molecule has 1 heterocycles. The lowest BCUT2D eigenvalue weighted by atomic mass is 9.82. The lowest BCUT2D eigenvalue weighted by Crippen LogP contribution is -2.24. The van der Waals surface area contributed by atoms with E-state index in [4.69, 9.17) is 21.4 Å². The van der Waals surface area contributed by atoms with Crippen molar-refractivity contribution in [2.45, 2.75) is 44.1 Å². The van der Waals surface area contributed by atoms with E-state index in [0.29, 0.717) is 36.3 Å². The maximum Gasteiger partial charge on any atom is 0.573 e. The first kappa shape index (κ1) is 19.3. The number of carbonyl (C=O) groups is 1. The fraction of sp³-hybridized carbons (Fsp3) is 0.438. The number of aromatic nitrogens is 3. The molecule has 0 bridgehead atoms. The van der Waals surface area contributed by atoms with Gasteiger partial charge in [-0.25, -0.2) is 9.89 Å². The highest BCUT2D eigenvalue weighted by Gasteiger charge is 2.32. The molecule has 27 heavy (non-hydrogen) atoms. The number of carboxylic acid groups (broad SMARTS) is 1. The van der Waals surface area contributed by atoms with Gasteiger partial charge >= 0.3 is 12.3 Å². The largest absolute Gasteiger partial charge is 0.573 e. The lowest BCUT2D eigenvalue weighted by Gasteiger charge is -2.29. The van der Waals surface area contributed by atoms with E-state index in [1.807, 2.05) is 0 Å². The minimum Gasteiger partial charge on any atom is -0.476 e. The van der Waals surface area contributed by atoms with Gasteiger partial charge in [-0.2, -0.15) is 0 Å². The van der Waals surface area contributed by atoms with Gasteiger partial charge in [0.25, 0.3) is 5.88 Å². The van der Waals surface area contributed by atoms with Gasteiger partial charge < -0.3 is 14.6 Å². The Bertz CT molecular complexity index is 819. The van der Waals surface area contributed by atoms with E-state index in [1.165, 1.54) is 18.2 Å². The van der Waals surface area contributed by atoms with Crippen molar-refractivity contribution in [3.8, 4) is 11.6 Å². The summed E-state index contributed by atoms with van der Waals surface area (Å²) in [5, 5.41) is 18.7. The molecule has 0 spiro atoms. The first-order valence-electron chi connectivity index (χ1n) is 8.09. The maximum absolute atomic E-state index is 12.4. The molecular formula is C16H15ClF3N3O4. The molecule has 0 atom stereocenters. The Labute approximate surface area is 156 Å². The zero-order chi connectivity index (χ0) is 19.6. The number of nitrogens with zero attached hydrogens (tertiary/aromatic N) is 2. The second-order valence-electron chi connectivity index (χ2n) is 6.12. The number of hydrogen-bond acceptors (Lipinski definition) is 5. The van der Waals surface area contributed by atoms with Crippen molar-refractivity contribution in [1.29, 1.82) is 0 Å². The van der Waals surface area contributed by atoms with Gasteiger partial charge in [0.05, 0.1) is 0 Å². The van der Waals surface area contributed by atoms with E-state index in [1.54, 1.807) is 0 Å².